The van der Waals surface area contributed by atoms with E-state index in [1.807, 2.05) is 19.9 Å². The molecule has 0 fully saturated rings. The zero-order chi connectivity index (χ0) is 17.0. The van der Waals surface area contributed by atoms with Gasteiger partial charge in [-0.1, -0.05) is 12.1 Å². The lowest BCUT2D eigenvalue weighted by atomic mass is 10.1. The first-order chi connectivity index (χ1) is 10.9. The van der Waals surface area contributed by atoms with E-state index < -0.39 is 17.7 Å². The van der Waals surface area contributed by atoms with Gasteiger partial charge in [0, 0.05) is 16.9 Å². The van der Waals surface area contributed by atoms with Crippen molar-refractivity contribution in [1.82, 2.24) is 0 Å². The molecule has 2 rings (SSSR count). The first kappa shape index (κ1) is 16.2. The Morgan fingerprint density at radius 1 is 0.870 bits per heavy atom. The molecule has 118 valence electrons. The van der Waals surface area contributed by atoms with Crippen LogP contribution in [0.5, 0.6) is 0 Å². The number of anilines is 2. The van der Waals surface area contributed by atoms with Crippen LogP contribution in [0.1, 0.15) is 21.5 Å². The number of carbonyl (C=O) groups is 3. The van der Waals surface area contributed by atoms with Gasteiger partial charge in [-0.3, -0.25) is 14.4 Å². The van der Waals surface area contributed by atoms with Crippen molar-refractivity contribution in [2.24, 2.45) is 5.73 Å². The largest absolute Gasteiger partial charge is 0.366 e. The average molecular weight is 311 g/mol. The van der Waals surface area contributed by atoms with Crippen molar-refractivity contribution in [3.05, 3.63) is 59.2 Å². The van der Waals surface area contributed by atoms with E-state index in [0.717, 1.165) is 11.1 Å². The molecule has 0 radical (unpaired) electrons. The van der Waals surface area contributed by atoms with Gasteiger partial charge < -0.3 is 16.4 Å². The minimum atomic E-state index is -0.794. The average Bonchev–Trinajstić information content (AvgIpc) is 2.52. The van der Waals surface area contributed by atoms with Crippen LogP contribution in [-0.4, -0.2) is 17.7 Å². The third-order valence-electron chi connectivity index (χ3n) is 3.49. The summed E-state index contributed by atoms with van der Waals surface area (Å²) < 4.78 is 0. The summed E-state index contributed by atoms with van der Waals surface area (Å²) >= 11 is 0. The van der Waals surface area contributed by atoms with Gasteiger partial charge in [0.1, 0.15) is 0 Å². The lowest BCUT2D eigenvalue weighted by Crippen LogP contribution is -2.29. The highest BCUT2D eigenvalue weighted by molar-refractivity contribution is 6.43. The highest BCUT2D eigenvalue weighted by atomic mass is 16.2. The number of hydrogen-bond acceptors (Lipinski definition) is 3. The minimum absolute atomic E-state index is 0.322. The number of amides is 3. The van der Waals surface area contributed by atoms with Gasteiger partial charge >= 0.3 is 11.8 Å². The molecule has 0 unspecified atom stereocenters. The maximum absolute atomic E-state index is 12.0. The van der Waals surface area contributed by atoms with Crippen molar-refractivity contribution in [2.45, 2.75) is 13.8 Å². The van der Waals surface area contributed by atoms with Crippen LogP contribution in [0.25, 0.3) is 0 Å². The molecule has 0 saturated heterocycles. The summed E-state index contributed by atoms with van der Waals surface area (Å²) in [4.78, 5) is 34.9. The normalized spacial score (nSPS) is 10.0. The van der Waals surface area contributed by atoms with E-state index in [-0.39, 0.29) is 0 Å². The predicted molar refractivity (Wildman–Crippen MR) is 88.1 cm³/mol. The Balaban J connectivity index is 2.04. The summed E-state index contributed by atoms with van der Waals surface area (Å²) in [7, 11) is 0. The summed E-state index contributed by atoms with van der Waals surface area (Å²) in [5.74, 6) is -2.12. The molecule has 0 saturated carbocycles. The topological polar surface area (TPSA) is 101 Å². The molecule has 6 nitrogen and oxygen atoms in total. The van der Waals surface area contributed by atoms with Crippen LogP contribution in [0.15, 0.2) is 42.5 Å². The molecule has 0 aliphatic heterocycles. The zero-order valence-electron chi connectivity index (χ0n) is 12.8. The fraction of sp³-hybridized carbons (Fsp3) is 0.118. The van der Waals surface area contributed by atoms with E-state index in [2.05, 4.69) is 10.6 Å². The second-order valence-corrected chi connectivity index (χ2v) is 5.10. The molecule has 0 spiro atoms. The first-order valence-corrected chi connectivity index (χ1v) is 6.97. The number of hydrogen-bond donors (Lipinski definition) is 3. The molecule has 0 aliphatic rings. The Bertz CT molecular complexity index is 767. The number of rotatable bonds is 3. The van der Waals surface area contributed by atoms with Gasteiger partial charge in [-0.05, 0) is 55.3 Å². The first-order valence-electron chi connectivity index (χ1n) is 6.97. The lowest BCUT2D eigenvalue weighted by molar-refractivity contribution is -0.133. The van der Waals surface area contributed by atoms with Crippen molar-refractivity contribution in [1.29, 1.82) is 0 Å². The van der Waals surface area contributed by atoms with Gasteiger partial charge in [-0.2, -0.15) is 0 Å². The van der Waals surface area contributed by atoms with Gasteiger partial charge in [-0.15, -0.1) is 0 Å². The van der Waals surface area contributed by atoms with Crippen LogP contribution in [-0.2, 0) is 9.59 Å². The Morgan fingerprint density at radius 3 is 2.09 bits per heavy atom. The van der Waals surface area contributed by atoms with E-state index in [4.69, 9.17) is 5.73 Å². The van der Waals surface area contributed by atoms with E-state index in [9.17, 15) is 14.4 Å². The Morgan fingerprint density at radius 2 is 1.48 bits per heavy atom. The van der Waals surface area contributed by atoms with Crippen LogP contribution in [0.3, 0.4) is 0 Å². The third-order valence-corrected chi connectivity index (χ3v) is 3.49. The van der Waals surface area contributed by atoms with Crippen LogP contribution in [0.4, 0.5) is 11.4 Å². The van der Waals surface area contributed by atoms with Crippen molar-refractivity contribution in [2.75, 3.05) is 10.6 Å². The van der Waals surface area contributed by atoms with E-state index in [1.165, 1.54) is 24.3 Å². The number of benzene rings is 2. The zero-order valence-corrected chi connectivity index (χ0v) is 12.8. The van der Waals surface area contributed by atoms with E-state index >= 15 is 0 Å². The summed E-state index contributed by atoms with van der Waals surface area (Å²) in [6.07, 6.45) is 0. The van der Waals surface area contributed by atoms with E-state index in [0.29, 0.717) is 16.9 Å². The maximum Gasteiger partial charge on any atom is 0.314 e. The Labute approximate surface area is 133 Å². The monoisotopic (exact) mass is 311 g/mol. The van der Waals surface area contributed by atoms with Gasteiger partial charge in [0.15, 0.2) is 0 Å². The van der Waals surface area contributed by atoms with Gasteiger partial charge in [0.05, 0.1) is 0 Å². The fourth-order valence-corrected chi connectivity index (χ4v) is 1.97. The minimum Gasteiger partial charge on any atom is -0.366 e. The molecule has 4 N–H and O–H groups in total. The summed E-state index contributed by atoms with van der Waals surface area (Å²) in [6, 6.07) is 11.4. The summed E-state index contributed by atoms with van der Waals surface area (Å²) in [5, 5.41) is 5.03. The molecular formula is C17H17N3O3. The summed E-state index contributed by atoms with van der Waals surface area (Å²) in [6.45, 7) is 3.79. The molecule has 23 heavy (non-hydrogen) atoms. The fourth-order valence-electron chi connectivity index (χ4n) is 1.97. The van der Waals surface area contributed by atoms with Crippen LogP contribution in [0.2, 0.25) is 0 Å². The van der Waals surface area contributed by atoms with Gasteiger partial charge in [-0.25, -0.2) is 0 Å². The van der Waals surface area contributed by atoms with Crippen molar-refractivity contribution in [3.63, 3.8) is 0 Å². The van der Waals surface area contributed by atoms with E-state index in [1.54, 1.807) is 12.1 Å². The highest BCUT2D eigenvalue weighted by Gasteiger charge is 2.15. The molecule has 0 heterocycles. The Hall–Kier alpha value is -3.15. The molecule has 2 aromatic carbocycles. The molecule has 0 atom stereocenters. The highest BCUT2D eigenvalue weighted by Crippen LogP contribution is 2.18. The standard InChI is InChI=1S/C17H17N3O3/c1-10-4-3-5-14(11(10)2)20-17(23)16(22)19-13-8-6-12(7-9-13)15(18)21/h3-9H,1-2H3,(H2,18,21)(H,19,22)(H,20,23). The third kappa shape index (κ3) is 3.94. The SMILES string of the molecule is Cc1cccc(NC(=O)C(=O)Nc2ccc(C(N)=O)cc2)c1C. The predicted octanol–water partition coefficient (Wildman–Crippen LogP) is 1.98. The smallest absolute Gasteiger partial charge is 0.314 e. The van der Waals surface area contributed by atoms with Crippen LogP contribution in [0, 0.1) is 13.8 Å². The molecule has 2 aromatic rings. The number of nitrogens with one attached hydrogen (secondary N) is 2. The molecular weight excluding hydrogens is 294 g/mol. The van der Waals surface area contributed by atoms with Crippen molar-refractivity contribution in [3.8, 4) is 0 Å². The van der Waals surface area contributed by atoms with Crippen LogP contribution >= 0.6 is 0 Å². The second kappa shape index (κ2) is 6.74. The van der Waals surface area contributed by atoms with Gasteiger partial charge in [0.2, 0.25) is 5.91 Å². The number of carbonyl (C=O) groups excluding carboxylic acids is 3. The number of aryl methyl sites for hydroxylation is 1. The summed E-state index contributed by atoms with van der Waals surface area (Å²) in [5.41, 5.74) is 8.37. The molecule has 0 aliphatic carbocycles. The molecule has 0 aromatic heterocycles. The van der Waals surface area contributed by atoms with Gasteiger partial charge in [0.25, 0.3) is 0 Å². The Kier molecular flexibility index (Phi) is 4.75. The second-order valence-electron chi connectivity index (χ2n) is 5.10. The van der Waals surface area contributed by atoms with Crippen molar-refractivity contribution < 1.29 is 14.4 Å². The van der Waals surface area contributed by atoms with Crippen LogP contribution < -0.4 is 16.4 Å². The molecule has 6 heteroatoms. The van der Waals surface area contributed by atoms with Crippen molar-refractivity contribution >= 4 is 29.1 Å². The maximum atomic E-state index is 12.0. The number of primary amides is 1. The quantitative estimate of drug-likeness (QED) is 0.755. The lowest BCUT2D eigenvalue weighted by Gasteiger charge is -2.10. The number of nitrogens with two attached hydrogens (primary N) is 1. The molecule has 0 bridgehead atoms. The molecule has 3 amide bonds.